The van der Waals surface area contributed by atoms with Crippen molar-refractivity contribution in [1.82, 2.24) is 0 Å². The van der Waals surface area contributed by atoms with Crippen LogP contribution >= 0.6 is 11.8 Å². The molecule has 1 aliphatic carbocycles. The Hall–Kier alpha value is -2.20. The monoisotopic (exact) mass is 676 g/mol. The third kappa shape index (κ3) is 18.8. The first-order valence-corrected chi connectivity index (χ1v) is 19.0. The molecule has 47 heavy (non-hydrogen) atoms. The van der Waals surface area contributed by atoms with Crippen LogP contribution in [0.1, 0.15) is 114 Å². The molecule has 0 radical (unpaired) electrons. The quantitative estimate of drug-likeness (QED) is 0.0568. The van der Waals surface area contributed by atoms with Gasteiger partial charge < -0.3 is 24.4 Å². The molecule has 1 saturated carbocycles. The number of thioether (sulfide) groups is 1. The summed E-state index contributed by atoms with van der Waals surface area (Å²) in [4.78, 5) is 36.5. The lowest BCUT2D eigenvalue weighted by molar-refractivity contribution is -0.152. The third-order valence-electron chi connectivity index (χ3n) is 8.62. The summed E-state index contributed by atoms with van der Waals surface area (Å²) in [5.74, 6) is 0.436. The average Bonchev–Trinajstić information content (AvgIpc) is 3.32. The molecule has 0 bridgehead atoms. The molecule has 9 heteroatoms. The number of unbranched alkanes of at least 4 members (excludes halogenated alkanes) is 9. The van der Waals surface area contributed by atoms with Gasteiger partial charge >= 0.3 is 11.9 Å². The number of benzene rings is 1. The predicted molar refractivity (Wildman–Crippen MR) is 188 cm³/mol. The lowest BCUT2D eigenvalue weighted by atomic mass is 9.91. The van der Waals surface area contributed by atoms with Gasteiger partial charge in [-0.3, -0.25) is 14.4 Å². The number of hydrogen-bond acceptors (Lipinski definition) is 9. The Balaban J connectivity index is 1.51. The number of esters is 2. The van der Waals surface area contributed by atoms with E-state index in [0.717, 1.165) is 41.9 Å². The van der Waals surface area contributed by atoms with Gasteiger partial charge in [0.25, 0.3) is 0 Å². The highest BCUT2D eigenvalue weighted by Crippen LogP contribution is 2.34. The predicted octanol–water partition coefficient (Wildman–Crippen LogP) is 7.16. The van der Waals surface area contributed by atoms with Crippen LogP contribution in [0.25, 0.3) is 0 Å². The molecule has 1 aromatic carbocycles. The van der Waals surface area contributed by atoms with Crippen LogP contribution in [0.4, 0.5) is 0 Å². The van der Waals surface area contributed by atoms with Gasteiger partial charge in [0, 0.05) is 44.6 Å². The van der Waals surface area contributed by atoms with E-state index in [2.05, 4.69) is 6.92 Å². The van der Waals surface area contributed by atoms with Crippen LogP contribution in [0.15, 0.2) is 36.4 Å². The van der Waals surface area contributed by atoms with Crippen LogP contribution in [0.2, 0.25) is 0 Å². The van der Waals surface area contributed by atoms with Gasteiger partial charge in [-0.1, -0.05) is 101 Å². The SMILES string of the molecule is CCCCCCCCCCCCC(=O)OCCOC(=O)CCCSCC[C@H]1C(=O)C[C@@H](O)[C@@H]1C=C[C@@H](O)Cc1cccc(COC)c1. The van der Waals surface area contributed by atoms with Crippen molar-refractivity contribution in [3.63, 3.8) is 0 Å². The fourth-order valence-corrected chi connectivity index (χ4v) is 6.99. The first-order valence-electron chi connectivity index (χ1n) is 17.9. The number of Topliss-reactive ketones (excluding diaryl/α,β-unsaturated/α-hetero) is 1. The maximum Gasteiger partial charge on any atom is 0.305 e. The Bertz CT molecular complexity index is 1040. The Kier molecular flexibility index (Phi) is 22.5. The van der Waals surface area contributed by atoms with Crippen LogP contribution in [-0.4, -0.2) is 72.0 Å². The maximum atomic E-state index is 12.6. The summed E-state index contributed by atoms with van der Waals surface area (Å²) in [7, 11) is 1.65. The molecule has 0 heterocycles. The van der Waals surface area contributed by atoms with Gasteiger partial charge in [-0.05, 0) is 41.9 Å². The lowest BCUT2D eigenvalue weighted by Crippen LogP contribution is -2.20. The zero-order chi connectivity index (χ0) is 34.1. The molecule has 0 saturated heterocycles. The molecule has 1 aromatic rings. The second-order valence-corrected chi connectivity index (χ2v) is 13.9. The number of aliphatic hydroxyl groups is 2. The first-order chi connectivity index (χ1) is 22.8. The van der Waals surface area contributed by atoms with Crippen molar-refractivity contribution < 1.29 is 38.8 Å². The number of carbonyl (C=O) groups is 3. The molecule has 0 unspecified atom stereocenters. The standard InChI is InChI=1S/C38H60O8S/c1-3-4-5-6-7-8-9-10-11-12-17-37(42)45-22-23-46-38(43)18-14-24-47-25-21-34-33(35(40)28-36(34)41)20-19-32(39)27-30-15-13-16-31(26-30)29-44-2/h13,15-16,19-20,26,32-35,39-40H,3-12,14,17-18,21-25,27-29H2,1-2H3/t32-,33-,34-,35-/m1/s1. The fraction of sp³-hybridized carbons (Fsp3) is 0.711. The zero-order valence-electron chi connectivity index (χ0n) is 28.9. The second-order valence-electron chi connectivity index (χ2n) is 12.7. The van der Waals surface area contributed by atoms with Gasteiger partial charge in [-0.15, -0.1) is 0 Å². The molecular formula is C38H60O8S. The number of rotatable bonds is 27. The van der Waals surface area contributed by atoms with Crippen molar-refractivity contribution in [3.8, 4) is 0 Å². The van der Waals surface area contributed by atoms with Crippen molar-refractivity contribution in [3.05, 3.63) is 47.5 Å². The van der Waals surface area contributed by atoms with E-state index in [1.807, 2.05) is 24.3 Å². The first kappa shape index (κ1) is 41.0. The minimum atomic E-state index is -0.736. The maximum absolute atomic E-state index is 12.6. The summed E-state index contributed by atoms with van der Waals surface area (Å²) in [6, 6.07) is 7.88. The van der Waals surface area contributed by atoms with Crippen LogP contribution in [0.5, 0.6) is 0 Å². The van der Waals surface area contributed by atoms with E-state index < -0.39 is 12.2 Å². The molecule has 0 aliphatic heterocycles. The number of carbonyl (C=O) groups excluding carboxylic acids is 3. The highest BCUT2D eigenvalue weighted by Gasteiger charge is 2.39. The average molecular weight is 677 g/mol. The van der Waals surface area contributed by atoms with Crippen LogP contribution in [0, 0.1) is 11.8 Å². The van der Waals surface area contributed by atoms with Gasteiger partial charge in [0.05, 0.1) is 18.8 Å². The lowest BCUT2D eigenvalue weighted by Gasteiger charge is -2.18. The minimum absolute atomic E-state index is 0.0577. The van der Waals surface area contributed by atoms with E-state index in [4.69, 9.17) is 14.2 Å². The molecule has 266 valence electrons. The van der Waals surface area contributed by atoms with E-state index in [1.165, 1.54) is 44.9 Å². The summed E-state index contributed by atoms with van der Waals surface area (Å²) < 4.78 is 15.6. The van der Waals surface area contributed by atoms with Crippen molar-refractivity contribution >= 4 is 29.5 Å². The van der Waals surface area contributed by atoms with E-state index in [0.29, 0.717) is 32.3 Å². The molecule has 1 fully saturated rings. The normalized spacial score (nSPS) is 18.6. The fourth-order valence-electron chi connectivity index (χ4n) is 6.01. The molecular weight excluding hydrogens is 616 g/mol. The number of ether oxygens (including phenoxy) is 3. The summed E-state index contributed by atoms with van der Waals surface area (Å²) in [6.45, 7) is 2.91. The van der Waals surface area contributed by atoms with E-state index >= 15 is 0 Å². The molecule has 2 rings (SSSR count). The Labute approximate surface area is 287 Å². The number of methoxy groups -OCH3 is 1. The number of hydrogen-bond donors (Lipinski definition) is 2. The molecule has 8 nitrogen and oxygen atoms in total. The largest absolute Gasteiger partial charge is 0.462 e. The summed E-state index contributed by atoms with van der Waals surface area (Å²) in [5.41, 5.74) is 2.04. The molecule has 2 N–H and O–H groups in total. The number of ketones is 1. The molecule has 0 aromatic heterocycles. The van der Waals surface area contributed by atoms with Crippen molar-refractivity contribution in [2.24, 2.45) is 11.8 Å². The van der Waals surface area contributed by atoms with Gasteiger partial charge in [0.1, 0.15) is 19.0 Å². The Morgan fingerprint density at radius 1 is 0.915 bits per heavy atom. The summed E-state index contributed by atoms with van der Waals surface area (Å²) in [6.07, 6.45) is 16.8. The summed E-state index contributed by atoms with van der Waals surface area (Å²) in [5, 5.41) is 21.1. The third-order valence-corrected chi connectivity index (χ3v) is 9.72. The highest BCUT2D eigenvalue weighted by molar-refractivity contribution is 7.99. The molecule has 0 spiro atoms. The summed E-state index contributed by atoms with van der Waals surface area (Å²) >= 11 is 1.67. The van der Waals surface area contributed by atoms with Crippen molar-refractivity contribution in [2.75, 3.05) is 31.8 Å². The van der Waals surface area contributed by atoms with Crippen LogP contribution in [-0.2, 0) is 41.6 Å². The smallest absolute Gasteiger partial charge is 0.305 e. The van der Waals surface area contributed by atoms with Crippen molar-refractivity contribution in [2.45, 2.75) is 128 Å². The highest BCUT2D eigenvalue weighted by atomic mass is 32.2. The van der Waals surface area contributed by atoms with Gasteiger partial charge in [-0.25, -0.2) is 0 Å². The van der Waals surface area contributed by atoms with Crippen molar-refractivity contribution in [1.29, 1.82) is 0 Å². The van der Waals surface area contributed by atoms with E-state index in [-0.39, 0.29) is 55.6 Å². The van der Waals surface area contributed by atoms with Gasteiger partial charge in [-0.2, -0.15) is 11.8 Å². The van der Waals surface area contributed by atoms with E-state index in [9.17, 15) is 24.6 Å². The zero-order valence-corrected chi connectivity index (χ0v) is 29.7. The van der Waals surface area contributed by atoms with Gasteiger partial charge in [0.2, 0.25) is 0 Å². The second kappa shape index (κ2) is 25.8. The molecule has 0 amide bonds. The van der Waals surface area contributed by atoms with Crippen LogP contribution < -0.4 is 0 Å². The number of aliphatic hydroxyl groups excluding tert-OH is 2. The van der Waals surface area contributed by atoms with E-state index in [1.54, 1.807) is 31.0 Å². The Morgan fingerprint density at radius 2 is 1.53 bits per heavy atom. The molecule has 1 aliphatic rings. The van der Waals surface area contributed by atoms with Crippen LogP contribution in [0.3, 0.4) is 0 Å². The topological polar surface area (TPSA) is 119 Å². The Morgan fingerprint density at radius 3 is 2.19 bits per heavy atom. The molecule has 4 atom stereocenters. The minimum Gasteiger partial charge on any atom is -0.462 e. The van der Waals surface area contributed by atoms with Gasteiger partial charge in [0.15, 0.2) is 0 Å².